The molecule has 2 N–H and O–H groups in total. The molecule has 0 bridgehead atoms. The second-order valence-corrected chi connectivity index (χ2v) is 5.84. The fraction of sp³-hybridized carbons (Fsp3) is 0.118. The van der Waals surface area contributed by atoms with E-state index in [1.54, 1.807) is 12.1 Å². The molecule has 0 aromatic heterocycles. The zero-order valence-corrected chi connectivity index (χ0v) is 13.8. The minimum Gasteiger partial charge on any atom is -0.480 e. The Morgan fingerprint density at radius 2 is 1.83 bits per heavy atom. The van der Waals surface area contributed by atoms with Gasteiger partial charge in [0.1, 0.15) is 6.04 Å². The second-order valence-electron chi connectivity index (χ2n) is 4.99. The van der Waals surface area contributed by atoms with E-state index < -0.39 is 17.9 Å². The number of nitrogens with one attached hydrogen (secondary N) is 1. The van der Waals surface area contributed by atoms with Crippen LogP contribution in [0.5, 0.6) is 0 Å². The van der Waals surface area contributed by atoms with Crippen LogP contribution in [0.2, 0.25) is 10.0 Å². The van der Waals surface area contributed by atoms with Crippen LogP contribution in [0, 0.1) is 11.3 Å². The molecule has 7 heteroatoms. The van der Waals surface area contributed by atoms with Crippen molar-refractivity contribution in [2.45, 2.75) is 12.5 Å². The first-order chi connectivity index (χ1) is 11.4. The SMILES string of the molecule is N#Cc1ccc(C(=O)N[C@@H](Cc2ccc(Cl)cc2Cl)C(=O)O)cc1. The fourth-order valence-corrected chi connectivity index (χ4v) is 2.53. The Bertz CT molecular complexity index is 814. The number of aliphatic carboxylic acids is 1. The van der Waals surface area contributed by atoms with E-state index in [4.69, 9.17) is 28.5 Å². The van der Waals surface area contributed by atoms with Crippen molar-refractivity contribution >= 4 is 35.1 Å². The molecule has 0 fully saturated rings. The number of benzene rings is 2. The van der Waals surface area contributed by atoms with Crippen LogP contribution in [0.15, 0.2) is 42.5 Å². The Morgan fingerprint density at radius 1 is 1.17 bits per heavy atom. The number of rotatable bonds is 5. The lowest BCUT2D eigenvalue weighted by molar-refractivity contribution is -0.139. The Morgan fingerprint density at radius 3 is 2.38 bits per heavy atom. The van der Waals surface area contributed by atoms with Gasteiger partial charge in [-0.2, -0.15) is 5.26 Å². The first-order valence-electron chi connectivity index (χ1n) is 6.88. The summed E-state index contributed by atoms with van der Waals surface area (Å²) in [6.45, 7) is 0. The van der Waals surface area contributed by atoms with Crippen LogP contribution in [0.4, 0.5) is 0 Å². The van der Waals surface area contributed by atoms with Gasteiger partial charge in [0.2, 0.25) is 0 Å². The highest BCUT2D eigenvalue weighted by Crippen LogP contribution is 2.22. The maximum absolute atomic E-state index is 12.2. The number of halogens is 2. The number of carbonyl (C=O) groups is 2. The van der Waals surface area contributed by atoms with Crippen molar-refractivity contribution in [1.29, 1.82) is 5.26 Å². The van der Waals surface area contributed by atoms with Gasteiger partial charge in [-0.25, -0.2) is 4.79 Å². The lowest BCUT2D eigenvalue weighted by Crippen LogP contribution is -2.42. The average molecular weight is 363 g/mol. The van der Waals surface area contributed by atoms with Crippen molar-refractivity contribution in [2.75, 3.05) is 0 Å². The summed E-state index contributed by atoms with van der Waals surface area (Å²) in [6.07, 6.45) is 0.0212. The fourth-order valence-electron chi connectivity index (χ4n) is 2.04. The molecule has 0 aliphatic rings. The number of amides is 1. The molecule has 0 aliphatic heterocycles. The zero-order valence-electron chi connectivity index (χ0n) is 12.3. The highest BCUT2D eigenvalue weighted by Gasteiger charge is 2.22. The first-order valence-corrected chi connectivity index (χ1v) is 7.64. The van der Waals surface area contributed by atoms with Crippen LogP contribution in [0.3, 0.4) is 0 Å². The highest BCUT2D eigenvalue weighted by molar-refractivity contribution is 6.35. The standard InChI is InChI=1S/C17H12Cl2N2O3/c18-13-6-5-12(14(19)8-13)7-15(17(23)24)21-16(22)11-3-1-10(9-20)2-4-11/h1-6,8,15H,7H2,(H,21,22)(H,23,24)/t15-/m0/s1. The van der Waals surface area contributed by atoms with Crippen molar-refractivity contribution in [3.05, 3.63) is 69.2 Å². The monoisotopic (exact) mass is 362 g/mol. The summed E-state index contributed by atoms with van der Waals surface area (Å²) in [6, 6.07) is 11.4. The minimum absolute atomic E-state index is 0.0212. The van der Waals surface area contributed by atoms with Gasteiger partial charge in [-0.1, -0.05) is 29.3 Å². The van der Waals surface area contributed by atoms with Crippen LogP contribution < -0.4 is 5.32 Å². The van der Waals surface area contributed by atoms with Gasteiger partial charge in [-0.15, -0.1) is 0 Å². The number of carbonyl (C=O) groups excluding carboxylic acids is 1. The van der Waals surface area contributed by atoms with Crippen LogP contribution in [-0.2, 0) is 11.2 Å². The van der Waals surface area contributed by atoms with Gasteiger partial charge < -0.3 is 10.4 Å². The largest absolute Gasteiger partial charge is 0.480 e. The molecular formula is C17H12Cl2N2O3. The number of nitrogens with zero attached hydrogens (tertiary/aromatic N) is 1. The molecular weight excluding hydrogens is 351 g/mol. The molecule has 0 spiro atoms. The van der Waals surface area contributed by atoms with E-state index in [9.17, 15) is 14.7 Å². The van der Waals surface area contributed by atoms with Gasteiger partial charge in [0, 0.05) is 22.0 Å². The van der Waals surface area contributed by atoms with Crippen molar-refractivity contribution in [2.24, 2.45) is 0 Å². The summed E-state index contributed by atoms with van der Waals surface area (Å²) in [4.78, 5) is 23.6. The van der Waals surface area contributed by atoms with Crippen LogP contribution in [-0.4, -0.2) is 23.0 Å². The van der Waals surface area contributed by atoms with E-state index in [0.29, 0.717) is 21.2 Å². The molecule has 2 aromatic carbocycles. The van der Waals surface area contributed by atoms with Crippen molar-refractivity contribution in [3.8, 4) is 6.07 Å². The van der Waals surface area contributed by atoms with Crippen molar-refractivity contribution < 1.29 is 14.7 Å². The van der Waals surface area contributed by atoms with E-state index in [1.165, 1.54) is 30.3 Å². The van der Waals surface area contributed by atoms with Crippen molar-refractivity contribution in [3.63, 3.8) is 0 Å². The van der Waals surface area contributed by atoms with E-state index in [0.717, 1.165) is 0 Å². The maximum atomic E-state index is 12.2. The summed E-state index contributed by atoms with van der Waals surface area (Å²) in [5, 5.41) is 21.3. The predicted molar refractivity (Wildman–Crippen MR) is 90.2 cm³/mol. The van der Waals surface area contributed by atoms with Crippen LogP contribution in [0.1, 0.15) is 21.5 Å². The molecule has 0 heterocycles. The lowest BCUT2D eigenvalue weighted by Gasteiger charge is -2.15. The minimum atomic E-state index is -1.18. The summed E-state index contributed by atoms with van der Waals surface area (Å²) < 4.78 is 0. The lowest BCUT2D eigenvalue weighted by atomic mass is 10.0. The number of hydrogen-bond acceptors (Lipinski definition) is 3. The average Bonchev–Trinajstić information content (AvgIpc) is 2.56. The van der Waals surface area contributed by atoms with Crippen LogP contribution >= 0.6 is 23.2 Å². The van der Waals surface area contributed by atoms with Gasteiger partial charge in [0.05, 0.1) is 11.6 Å². The quantitative estimate of drug-likeness (QED) is 0.853. The smallest absolute Gasteiger partial charge is 0.326 e. The second kappa shape index (κ2) is 7.82. The molecule has 1 atom stereocenters. The normalized spacial score (nSPS) is 11.4. The number of carboxylic acid groups (broad SMARTS) is 1. The zero-order chi connectivity index (χ0) is 17.7. The Kier molecular flexibility index (Phi) is 5.80. The molecule has 122 valence electrons. The first kappa shape index (κ1) is 17.8. The Hall–Kier alpha value is -2.55. The summed E-state index contributed by atoms with van der Waals surface area (Å²) in [5.41, 5.74) is 1.24. The maximum Gasteiger partial charge on any atom is 0.326 e. The van der Waals surface area contributed by atoms with Crippen molar-refractivity contribution in [1.82, 2.24) is 5.32 Å². The Balaban J connectivity index is 2.14. The van der Waals surface area contributed by atoms with E-state index >= 15 is 0 Å². The van der Waals surface area contributed by atoms with Gasteiger partial charge in [-0.05, 0) is 42.0 Å². The third-order valence-electron chi connectivity index (χ3n) is 3.32. The number of carboxylic acids is 1. The third-order valence-corrected chi connectivity index (χ3v) is 3.91. The van der Waals surface area contributed by atoms with Gasteiger partial charge >= 0.3 is 5.97 Å². The molecule has 0 saturated heterocycles. The molecule has 0 radical (unpaired) electrons. The third kappa shape index (κ3) is 4.48. The van der Waals surface area contributed by atoms with Crippen LogP contribution in [0.25, 0.3) is 0 Å². The molecule has 5 nitrogen and oxygen atoms in total. The van der Waals surface area contributed by atoms with Gasteiger partial charge in [0.15, 0.2) is 0 Å². The molecule has 1 amide bonds. The number of hydrogen-bond donors (Lipinski definition) is 2. The summed E-state index contributed by atoms with van der Waals surface area (Å²) in [7, 11) is 0. The predicted octanol–water partition coefficient (Wildman–Crippen LogP) is 3.29. The van der Waals surface area contributed by atoms with E-state index in [-0.39, 0.29) is 12.0 Å². The number of nitriles is 1. The molecule has 0 unspecified atom stereocenters. The Labute approximate surface area is 148 Å². The molecule has 0 aliphatic carbocycles. The van der Waals surface area contributed by atoms with E-state index in [2.05, 4.69) is 5.32 Å². The molecule has 2 aromatic rings. The highest BCUT2D eigenvalue weighted by atomic mass is 35.5. The molecule has 2 rings (SSSR count). The summed E-state index contributed by atoms with van der Waals surface area (Å²) >= 11 is 11.9. The topological polar surface area (TPSA) is 90.2 Å². The summed E-state index contributed by atoms with van der Waals surface area (Å²) in [5.74, 6) is -1.72. The van der Waals surface area contributed by atoms with Gasteiger partial charge in [-0.3, -0.25) is 4.79 Å². The molecule has 0 saturated carbocycles. The van der Waals surface area contributed by atoms with E-state index in [1.807, 2.05) is 6.07 Å². The van der Waals surface area contributed by atoms with Gasteiger partial charge in [0.25, 0.3) is 5.91 Å². The molecule has 24 heavy (non-hydrogen) atoms.